The van der Waals surface area contributed by atoms with Crippen LogP contribution in [0.2, 0.25) is 0 Å². The molecule has 0 saturated carbocycles. The van der Waals surface area contributed by atoms with E-state index in [-0.39, 0.29) is 11.7 Å². The lowest BCUT2D eigenvalue weighted by Gasteiger charge is -1.97. The first kappa shape index (κ1) is 8.34. The number of hydrogen-bond donors (Lipinski definition) is 0. The van der Waals surface area contributed by atoms with Gasteiger partial charge in [0.1, 0.15) is 12.1 Å². The Morgan fingerprint density at radius 3 is 2.56 bits per heavy atom. The van der Waals surface area contributed by atoms with E-state index in [1.54, 1.807) is 0 Å². The second kappa shape index (κ2) is 4.24. The molecule has 0 fully saturated rings. The average Bonchev–Trinajstić information content (AvgIpc) is 1.83. The summed E-state index contributed by atoms with van der Waals surface area (Å²) in [5.41, 5.74) is 0. The summed E-state index contributed by atoms with van der Waals surface area (Å²) in [6.07, 6.45) is 2.10. The molecule has 0 heterocycles. The van der Waals surface area contributed by atoms with Crippen LogP contribution in [0.15, 0.2) is 0 Å². The SMILES string of the molecule is CC(=O)CCC(C)C=O. The first-order valence-electron chi connectivity index (χ1n) is 3.11. The number of aldehydes is 1. The van der Waals surface area contributed by atoms with E-state index >= 15 is 0 Å². The van der Waals surface area contributed by atoms with Crippen LogP contribution in [0.4, 0.5) is 0 Å². The Labute approximate surface area is 55.3 Å². The summed E-state index contributed by atoms with van der Waals surface area (Å²) in [7, 11) is 0. The van der Waals surface area contributed by atoms with Gasteiger partial charge in [-0.2, -0.15) is 0 Å². The van der Waals surface area contributed by atoms with E-state index in [2.05, 4.69) is 0 Å². The summed E-state index contributed by atoms with van der Waals surface area (Å²) in [5, 5.41) is 0. The molecule has 0 bridgehead atoms. The van der Waals surface area contributed by atoms with Gasteiger partial charge in [-0.3, -0.25) is 0 Å². The van der Waals surface area contributed by atoms with Crippen molar-refractivity contribution in [3.8, 4) is 0 Å². The van der Waals surface area contributed by atoms with Crippen LogP contribution in [0, 0.1) is 5.92 Å². The van der Waals surface area contributed by atoms with Crippen molar-refractivity contribution in [3.05, 3.63) is 0 Å². The lowest BCUT2D eigenvalue weighted by Crippen LogP contribution is -1.99. The van der Waals surface area contributed by atoms with Gasteiger partial charge in [0.05, 0.1) is 0 Å². The van der Waals surface area contributed by atoms with Gasteiger partial charge in [-0.05, 0) is 13.3 Å². The first-order valence-corrected chi connectivity index (χ1v) is 3.11. The van der Waals surface area contributed by atoms with Gasteiger partial charge in [0.25, 0.3) is 0 Å². The van der Waals surface area contributed by atoms with Crippen LogP contribution in [0.3, 0.4) is 0 Å². The zero-order chi connectivity index (χ0) is 7.28. The van der Waals surface area contributed by atoms with Crippen LogP contribution in [-0.2, 0) is 9.59 Å². The summed E-state index contributed by atoms with van der Waals surface area (Å²) >= 11 is 0. The maximum absolute atomic E-state index is 10.3. The fourth-order valence-electron chi connectivity index (χ4n) is 0.499. The molecule has 2 heteroatoms. The Bertz CT molecular complexity index is 107. The molecule has 1 unspecified atom stereocenters. The Morgan fingerprint density at radius 1 is 1.67 bits per heavy atom. The molecule has 2 nitrogen and oxygen atoms in total. The zero-order valence-electron chi connectivity index (χ0n) is 5.89. The molecule has 0 amide bonds. The van der Waals surface area contributed by atoms with Crippen LogP contribution in [0.1, 0.15) is 26.7 Å². The summed E-state index contributed by atoms with van der Waals surface area (Å²) in [5.74, 6) is 0.192. The molecule has 0 radical (unpaired) electrons. The van der Waals surface area contributed by atoms with Crippen LogP contribution in [-0.4, -0.2) is 12.1 Å². The molecule has 52 valence electrons. The smallest absolute Gasteiger partial charge is 0.129 e. The van der Waals surface area contributed by atoms with Crippen molar-refractivity contribution in [2.75, 3.05) is 0 Å². The third kappa shape index (κ3) is 5.21. The van der Waals surface area contributed by atoms with Crippen LogP contribution >= 0.6 is 0 Å². The van der Waals surface area contributed by atoms with Crippen molar-refractivity contribution in [2.24, 2.45) is 5.92 Å². The largest absolute Gasteiger partial charge is 0.303 e. The molecule has 0 aromatic rings. The minimum Gasteiger partial charge on any atom is -0.303 e. The Morgan fingerprint density at radius 2 is 2.22 bits per heavy atom. The topological polar surface area (TPSA) is 34.1 Å². The number of rotatable bonds is 4. The van der Waals surface area contributed by atoms with Crippen molar-refractivity contribution >= 4 is 12.1 Å². The zero-order valence-corrected chi connectivity index (χ0v) is 5.89. The Kier molecular flexibility index (Phi) is 3.93. The van der Waals surface area contributed by atoms with Gasteiger partial charge in [-0.15, -0.1) is 0 Å². The number of carbonyl (C=O) groups is 2. The Balaban J connectivity index is 3.26. The highest BCUT2D eigenvalue weighted by molar-refractivity contribution is 5.75. The molecule has 0 aromatic carbocycles. The van der Waals surface area contributed by atoms with E-state index in [0.717, 1.165) is 6.29 Å². The normalized spacial score (nSPS) is 12.7. The molecular formula is C7H12O2. The lowest BCUT2D eigenvalue weighted by atomic mass is 10.1. The van der Waals surface area contributed by atoms with E-state index in [4.69, 9.17) is 0 Å². The summed E-state index contributed by atoms with van der Waals surface area (Å²) in [6.45, 7) is 3.35. The Hall–Kier alpha value is -0.660. The van der Waals surface area contributed by atoms with E-state index in [1.165, 1.54) is 6.92 Å². The number of carbonyl (C=O) groups excluding carboxylic acids is 2. The van der Waals surface area contributed by atoms with E-state index in [9.17, 15) is 9.59 Å². The maximum Gasteiger partial charge on any atom is 0.129 e. The van der Waals surface area contributed by atoms with Gasteiger partial charge in [0.2, 0.25) is 0 Å². The predicted molar refractivity (Wildman–Crippen MR) is 35.1 cm³/mol. The molecule has 0 aliphatic rings. The molecule has 0 saturated heterocycles. The summed E-state index contributed by atoms with van der Waals surface area (Å²) in [6, 6.07) is 0. The van der Waals surface area contributed by atoms with Gasteiger partial charge >= 0.3 is 0 Å². The summed E-state index contributed by atoms with van der Waals surface area (Å²) in [4.78, 5) is 20.4. The fourth-order valence-corrected chi connectivity index (χ4v) is 0.499. The minimum absolute atomic E-state index is 0.0360. The highest BCUT2D eigenvalue weighted by Gasteiger charge is 2.00. The number of hydrogen-bond acceptors (Lipinski definition) is 2. The van der Waals surface area contributed by atoms with Crippen LogP contribution in [0.25, 0.3) is 0 Å². The standard InChI is InChI=1S/C7H12O2/c1-6(5-8)3-4-7(2)9/h5-6H,3-4H2,1-2H3. The fraction of sp³-hybridized carbons (Fsp3) is 0.714. The quantitative estimate of drug-likeness (QED) is 0.533. The van der Waals surface area contributed by atoms with Crippen molar-refractivity contribution in [2.45, 2.75) is 26.7 Å². The molecule has 9 heavy (non-hydrogen) atoms. The first-order chi connectivity index (χ1) is 4.16. The second-order valence-corrected chi connectivity index (χ2v) is 2.35. The molecular weight excluding hydrogens is 116 g/mol. The van der Waals surface area contributed by atoms with Crippen molar-refractivity contribution < 1.29 is 9.59 Å². The molecule has 0 rings (SSSR count). The van der Waals surface area contributed by atoms with E-state index < -0.39 is 0 Å². The average molecular weight is 128 g/mol. The van der Waals surface area contributed by atoms with Crippen LogP contribution in [0.5, 0.6) is 0 Å². The van der Waals surface area contributed by atoms with Crippen molar-refractivity contribution in [1.29, 1.82) is 0 Å². The summed E-state index contributed by atoms with van der Waals surface area (Å²) < 4.78 is 0. The van der Waals surface area contributed by atoms with E-state index in [0.29, 0.717) is 12.8 Å². The highest BCUT2D eigenvalue weighted by Crippen LogP contribution is 2.01. The van der Waals surface area contributed by atoms with Crippen molar-refractivity contribution in [1.82, 2.24) is 0 Å². The van der Waals surface area contributed by atoms with Gasteiger partial charge < -0.3 is 9.59 Å². The monoisotopic (exact) mass is 128 g/mol. The van der Waals surface area contributed by atoms with Crippen molar-refractivity contribution in [3.63, 3.8) is 0 Å². The number of Topliss-reactive ketones (excluding diaryl/α,β-unsaturated/α-hetero) is 1. The molecule has 0 aliphatic carbocycles. The predicted octanol–water partition coefficient (Wildman–Crippen LogP) is 1.19. The number of ketones is 1. The molecule has 0 N–H and O–H groups in total. The maximum atomic E-state index is 10.3. The lowest BCUT2D eigenvalue weighted by molar-refractivity contribution is -0.117. The molecule has 1 atom stereocenters. The van der Waals surface area contributed by atoms with Gasteiger partial charge in [-0.1, -0.05) is 6.92 Å². The van der Waals surface area contributed by atoms with E-state index in [1.807, 2.05) is 6.92 Å². The molecule has 0 aliphatic heterocycles. The molecule has 0 spiro atoms. The van der Waals surface area contributed by atoms with Crippen LogP contribution < -0.4 is 0 Å². The minimum atomic E-state index is 0.0360. The van der Waals surface area contributed by atoms with Gasteiger partial charge in [0.15, 0.2) is 0 Å². The van der Waals surface area contributed by atoms with Gasteiger partial charge in [0, 0.05) is 12.3 Å². The highest BCUT2D eigenvalue weighted by atomic mass is 16.1. The van der Waals surface area contributed by atoms with Gasteiger partial charge in [-0.25, -0.2) is 0 Å². The second-order valence-electron chi connectivity index (χ2n) is 2.35. The third-order valence-corrected chi connectivity index (χ3v) is 1.18. The molecule has 0 aromatic heterocycles. The third-order valence-electron chi connectivity index (χ3n) is 1.18.